The number of imidazole rings is 1. The summed E-state index contributed by atoms with van der Waals surface area (Å²) in [6.45, 7) is 6.35. The largest absolute Gasteiger partial charge is 0.364 e. The lowest BCUT2D eigenvalue weighted by molar-refractivity contribution is 0.0996. The molecule has 0 aliphatic carbocycles. The summed E-state index contributed by atoms with van der Waals surface area (Å²) in [5.41, 5.74) is 17.5. The van der Waals surface area contributed by atoms with Gasteiger partial charge in [-0.05, 0) is 26.3 Å². The first-order valence-electron chi connectivity index (χ1n) is 7.38. The third-order valence-electron chi connectivity index (χ3n) is 4.01. The molecule has 23 heavy (non-hydrogen) atoms. The Labute approximate surface area is 134 Å². The van der Waals surface area contributed by atoms with Crippen molar-refractivity contribution < 1.29 is 4.79 Å². The van der Waals surface area contributed by atoms with Crippen LogP contribution in [-0.4, -0.2) is 20.3 Å². The van der Waals surface area contributed by atoms with E-state index in [2.05, 4.69) is 42.0 Å². The van der Waals surface area contributed by atoms with Gasteiger partial charge in [0.25, 0.3) is 5.91 Å². The number of nitrogens with two attached hydrogens (primary N) is 2. The van der Waals surface area contributed by atoms with E-state index < -0.39 is 5.91 Å². The van der Waals surface area contributed by atoms with Crippen molar-refractivity contribution in [3.63, 3.8) is 0 Å². The maximum atomic E-state index is 11.5. The molecule has 0 atom stereocenters. The molecule has 6 nitrogen and oxygen atoms in total. The highest BCUT2D eigenvalue weighted by molar-refractivity contribution is 5.91. The number of nitrogens with zero attached hydrogens (tertiary/aromatic N) is 3. The summed E-state index contributed by atoms with van der Waals surface area (Å²) in [4.78, 5) is 20.1. The van der Waals surface area contributed by atoms with E-state index in [1.807, 2.05) is 6.92 Å². The molecule has 1 aromatic carbocycles. The minimum Gasteiger partial charge on any atom is -0.364 e. The molecule has 1 amide bonds. The predicted octanol–water partition coefficient (Wildman–Crippen LogP) is 1.88. The first-order valence-corrected chi connectivity index (χ1v) is 7.38. The second kappa shape index (κ2) is 5.48. The molecule has 0 saturated heterocycles. The second-order valence-electron chi connectivity index (χ2n) is 5.71. The maximum absolute atomic E-state index is 11.5. The molecule has 0 bridgehead atoms. The summed E-state index contributed by atoms with van der Waals surface area (Å²) in [6, 6.07) is 6.22. The molecule has 0 spiro atoms. The third-order valence-corrected chi connectivity index (χ3v) is 4.01. The van der Waals surface area contributed by atoms with Gasteiger partial charge in [0, 0.05) is 29.6 Å². The van der Waals surface area contributed by atoms with Gasteiger partial charge in [0.15, 0.2) is 0 Å². The quantitative estimate of drug-likeness (QED) is 0.771. The molecule has 118 valence electrons. The summed E-state index contributed by atoms with van der Waals surface area (Å²) < 4.78 is 1.80. The molecule has 0 radical (unpaired) electrons. The number of hydrogen-bond acceptors (Lipinski definition) is 4. The van der Waals surface area contributed by atoms with Crippen LogP contribution < -0.4 is 11.5 Å². The van der Waals surface area contributed by atoms with E-state index >= 15 is 0 Å². The first-order chi connectivity index (χ1) is 10.9. The third kappa shape index (κ3) is 2.47. The van der Waals surface area contributed by atoms with Gasteiger partial charge in [-0.2, -0.15) is 0 Å². The van der Waals surface area contributed by atoms with Gasteiger partial charge in [-0.15, -0.1) is 0 Å². The molecule has 0 fully saturated rings. The standard InChI is InChI=1S/C17H19N5O/c1-9-4-5-12(10(2)6-9)15-13(7-18)11(3)20-17-21-14(16(19)23)8-22(15)17/h4-6,8H,7,18H2,1-3H3,(H2,19,23). The normalized spacial score (nSPS) is 11.1. The zero-order chi connectivity index (χ0) is 16.7. The topological polar surface area (TPSA) is 99.3 Å². The number of rotatable bonds is 3. The first kappa shape index (κ1) is 15.2. The molecule has 0 aliphatic heterocycles. The number of hydrogen-bond donors (Lipinski definition) is 2. The molecule has 0 aliphatic rings. The Hall–Kier alpha value is -2.73. The zero-order valence-electron chi connectivity index (χ0n) is 13.4. The molecule has 4 N–H and O–H groups in total. The van der Waals surface area contributed by atoms with Gasteiger partial charge in [0.1, 0.15) is 5.69 Å². The van der Waals surface area contributed by atoms with Crippen LogP contribution in [0.15, 0.2) is 24.4 Å². The Bertz CT molecular complexity index is 926. The minimum absolute atomic E-state index is 0.192. The summed E-state index contributed by atoms with van der Waals surface area (Å²) in [5.74, 6) is -0.127. The summed E-state index contributed by atoms with van der Waals surface area (Å²) in [6.07, 6.45) is 1.62. The average molecular weight is 309 g/mol. The molecule has 0 saturated carbocycles. The molecule has 6 heteroatoms. The van der Waals surface area contributed by atoms with Crippen LogP contribution in [-0.2, 0) is 6.54 Å². The number of primary amides is 1. The highest BCUT2D eigenvalue weighted by Crippen LogP contribution is 2.29. The van der Waals surface area contributed by atoms with Crippen LogP contribution in [0.4, 0.5) is 0 Å². The van der Waals surface area contributed by atoms with Crippen molar-refractivity contribution in [2.75, 3.05) is 0 Å². The summed E-state index contributed by atoms with van der Waals surface area (Å²) in [5, 5.41) is 0. The van der Waals surface area contributed by atoms with Crippen molar-refractivity contribution in [2.24, 2.45) is 11.5 Å². The molecule has 2 heterocycles. The van der Waals surface area contributed by atoms with Crippen LogP contribution >= 0.6 is 0 Å². The predicted molar refractivity (Wildman–Crippen MR) is 89.0 cm³/mol. The lowest BCUT2D eigenvalue weighted by atomic mass is 9.98. The van der Waals surface area contributed by atoms with E-state index in [4.69, 9.17) is 11.5 Å². The van der Waals surface area contributed by atoms with Gasteiger partial charge >= 0.3 is 0 Å². The second-order valence-corrected chi connectivity index (χ2v) is 5.71. The van der Waals surface area contributed by atoms with Crippen LogP contribution in [0.25, 0.3) is 17.0 Å². The highest BCUT2D eigenvalue weighted by Gasteiger charge is 2.18. The van der Waals surface area contributed by atoms with Crippen LogP contribution in [0.1, 0.15) is 32.9 Å². The molecule has 3 rings (SSSR count). The van der Waals surface area contributed by atoms with Gasteiger partial charge in [0.2, 0.25) is 5.78 Å². The van der Waals surface area contributed by atoms with E-state index in [0.717, 1.165) is 28.1 Å². The van der Waals surface area contributed by atoms with Crippen molar-refractivity contribution in [3.05, 3.63) is 52.5 Å². The van der Waals surface area contributed by atoms with Crippen LogP contribution in [0, 0.1) is 20.8 Å². The van der Waals surface area contributed by atoms with E-state index in [0.29, 0.717) is 12.3 Å². The Morgan fingerprint density at radius 3 is 2.57 bits per heavy atom. The van der Waals surface area contributed by atoms with E-state index in [9.17, 15) is 4.79 Å². The number of carbonyl (C=O) groups is 1. The van der Waals surface area contributed by atoms with Gasteiger partial charge in [-0.1, -0.05) is 23.8 Å². The van der Waals surface area contributed by atoms with E-state index in [-0.39, 0.29) is 5.69 Å². The molecule has 2 aromatic heterocycles. The van der Waals surface area contributed by atoms with Gasteiger partial charge in [-0.25, -0.2) is 9.97 Å². The number of fused-ring (bicyclic) bond motifs is 1. The van der Waals surface area contributed by atoms with Crippen molar-refractivity contribution in [1.29, 1.82) is 0 Å². The molecular formula is C17H19N5O. The van der Waals surface area contributed by atoms with Gasteiger partial charge < -0.3 is 11.5 Å². The number of amides is 1. The van der Waals surface area contributed by atoms with Crippen LogP contribution in [0.5, 0.6) is 0 Å². The van der Waals surface area contributed by atoms with Crippen molar-refractivity contribution in [3.8, 4) is 11.3 Å². The van der Waals surface area contributed by atoms with Crippen molar-refractivity contribution >= 4 is 11.7 Å². The fourth-order valence-corrected chi connectivity index (χ4v) is 2.88. The fourth-order valence-electron chi connectivity index (χ4n) is 2.88. The lowest BCUT2D eigenvalue weighted by Gasteiger charge is -2.15. The van der Waals surface area contributed by atoms with Gasteiger partial charge in [-0.3, -0.25) is 9.20 Å². The zero-order valence-corrected chi connectivity index (χ0v) is 13.4. The minimum atomic E-state index is -0.575. The molecular weight excluding hydrogens is 290 g/mol. The number of aromatic nitrogens is 3. The SMILES string of the molecule is Cc1ccc(-c2c(CN)c(C)nc3nc(C(N)=O)cn23)c(C)c1. The monoisotopic (exact) mass is 309 g/mol. The molecule has 3 aromatic rings. The average Bonchev–Trinajstić information content (AvgIpc) is 2.90. The maximum Gasteiger partial charge on any atom is 0.268 e. The smallest absolute Gasteiger partial charge is 0.268 e. The van der Waals surface area contributed by atoms with E-state index in [1.54, 1.807) is 10.6 Å². The van der Waals surface area contributed by atoms with Gasteiger partial charge in [0.05, 0.1) is 5.69 Å². The van der Waals surface area contributed by atoms with Crippen molar-refractivity contribution in [2.45, 2.75) is 27.3 Å². The lowest BCUT2D eigenvalue weighted by Crippen LogP contribution is -2.11. The van der Waals surface area contributed by atoms with E-state index in [1.165, 1.54) is 5.56 Å². The molecule has 0 unspecified atom stereocenters. The number of benzene rings is 1. The summed E-state index contributed by atoms with van der Waals surface area (Å²) in [7, 11) is 0. The number of carbonyl (C=O) groups excluding carboxylic acids is 1. The van der Waals surface area contributed by atoms with Crippen molar-refractivity contribution in [1.82, 2.24) is 14.4 Å². The Balaban J connectivity index is 2.42. The summed E-state index contributed by atoms with van der Waals surface area (Å²) >= 11 is 0. The number of aryl methyl sites for hydroxylation is 3. The Kier molecular flexibility index (Phi) is 3.61. The van der Waals surface area contributed by atoms with Crippen LogP contribution in [0.2, 0.25) is 0 Å². The Morgan fingerprint density at radius 2 is 1.96 bits per heavy atom. The highest BCUT2D eigenvalue weighted by atomic mass is 16.1. The fraction of sp³-hybridized carbons (Fsp3) is 0.235. The van der Waals surface area contributed by atoms with Crippen LogP contribution in [0.3, 0.4) is 0 Å². The Morgan fingerprint density at radius 1 is 1.22 bits per heavy atom.